The van der Waals surface area contributed by atoms with Crippen LogP contribution in [0.3, 0.4) is 0 Å². The van der Waals surface area contributed by atoms with E-state index in [1.54, 1.807) is 12.0 Å². The van der Waals surface area contributed by atoms with Gasteiger partial charge in [-0.05, 0) is 122 Å². The summed E-state index contributed by atoms with van der Waals surface area (Å²) in [7, 11) is -0.761. The molecule has 0 radical (unpaired) electrons. The molecule has 3 N–H and O–H groups in total. The van der Waals surface area contributed by atoms with Crippen molar-refractivity contribution in [2.75, 3.05) is 43.3 Å². The Kier molecular flexibility index (Phi) is 14.8. The number of aryl methyl sites for hydroxylation is 1. The molecule has 13 nitrogen and oxygen atoms in total. The van der Waals surface area contributed by atoms with Crippen LogP contribution in [0, 0.1) is 5.92 Å². The fraction of sp³-hybridized carbons (Fsp3) is 0.382. The van der Waals surface area contributed by atoms with Gasteiger partial charge in [0.2, 0.25) is 5.91 Å². The third kappa shape index (κ3) is 9.35. The predicted molar refractivity (Wildman–Crippen MR) is 278 cm³/mol. The molecule has 3 aliphatic heterocycles. The summed E-state index contributed by atoms with van der Waals surface area (Å²) in [6, 6.07) is 37.6. The molecule has 1 saturated heterocycles. The van der Waals surface area contributed by atoms with Gasteiger partial charge in [-0.25, -0.2) is 0 Å². The van der Waals surface area contributed by atoms with Crippen molar-refractivity contribution in [2.45, 2.75) is 94.9 Å². The summed E-state index contributed by atoms with van der Waals surface area (Å²) in [5.41, 5.74) is 5.52. The normalized spacial score (nSPS) is 21.3. The van der Waals surface area contributed by atoms with E-state index in [4.69, 9.17) is 14.2 Å². The van der Waals surface area contributed by atoms with Crippen molar-refractivity contribution in [1.82, 2.24) is 20.3 Å². The number of aromatic nitrogens is 3. The fourth-order valence-electron chi connectivity index (χ4n) is 11.3. The van der Waals surface area contributed by atoms with E-state index in [-0.39, 0.29) is 48.5 Å². The molecule has 6 atom stereocenters. The third-order valence-corrected chi connectivity index (χ3v) is 19.6. The third-order valence-electron chi connectivity index (χ3n) is 14.8. The van der Waals surface area contributed by atoms with E-state index < -0.39 is 19.7 Å². The second-order valence-electron chi connectivity index (χ2n) is 19.3. The lowest BCUT2D eigenvalue weighted by atomic mass is 9.82. The van der Waals surface area contributed by atoms with Crippen LogP contribution in [0.5, 0.6) is 11.5 Å². The maximum atomic E-state index is 15.7. The van der Waals surface area contributed by atoms with E-state index in [0.29, 0.717) is 51.2 Å². The largest absolute Gasteiger partial charge is 0.497 e. The minimum atomic E-state index is -2.44. The molecule has 6 aromatic rings. The molecular weight excluding hydrogens is 965 g/mol. The van der Waals surface area contributed by atoms with Crippen LogP contribution in [0.15, 0.2) is 126 Å². The number of hydrogen-bond acceptors (Lipinski definition) is 10. The molecule has 1 aromatic heterocycles. The number of aliphatic hydroxyl groups excluding tert-OH is 2. The van der Waals surface area contributed by atoms with Crippen LogP contribution >= 0.6 is 15.9 Å². The van der Waals surface area contributed by atoms with Crippen molar-refractivity contribution < 1.29 is 34.0 Å². The van der Waals surface area contributed by atoms with Gasteiger partial charge in [0.25, 0.3) is 5.91 Å². The second kappa shape index (κ2) is 21.0. The summed E-state index contributed by atoms with van der Waals surface area (Å²) in [5, 5.41) is 33.5. The number of benzene rings is 5. The first-order valence-electron chi connectivity index (χ1n) is 24.4. The zero-order valence-corrected chi connectivity index (χ0v) is 43.1. The Bertz CT molecular complexity index is 2790. The lowest BCUT2D eigenvalue weighted by molar-refractivity contribution is -0.146. The highest BCUT2D eigenvalue weighted by molar-refractivity contribution is 9.10. The maximum absolute atomic E-state index is 15.7. The number of methoxy groups -OCH3 is 1. The smallest absolute Gasteiger partial charge is 0.264 e. The minimum absolute atomic E-state index is 0.0102. The summed E-state index contributed by atoms with van der Waals surface area (Å²) in [4.78, 5) is 33.6. The Morgan fingerprint density at radius 2 is 1.67 bits per heavy atom. The molecule has 366 valence electrons. The van der Waals surface area contributed by atoms with Gasteiger partial charge < -0.3 is 34.6 Å². The van der Waals surface area contributed by atoms with Crippen LogP contribution in [-0.2, 0) is 39.4 Å². The molecule has 1 spiro atoms. The van der Waals surface area contributed by atoms with Gasteiger partial charge in [-0.15, -0.1) is 5.10 Å². The van der Waals surface area contributed by atoms with E-state index in [1.165, 1.54) is 5.19 Å². The number of anilines is 3. The summed E-state index contributed by atoms with van der Waals surface area (Å²) in [6.07, 6.45) is 4.14. The minimum Gasteiger partial charge on any atom is -0.497 e. The molecule has 70 heavy (non-hydrogen) atoms. The molecule has 0 bridgehead atoms. The summed E-state index contributed by atoms with van der Waals surface area (Å²) >= 11 is 3.76. The molecule has 5 aromatic carbocycles. The van der Waals surface area contributed by atoms with Gasteiger partial charge in [-0.2, -0.15) is 0 Å². The Balaban J connectivity index is 1.02. The van der Waals surface area contributed by atoms with Gasteiger partial charge in [0.1, 0.15) is 11.5 Å². The van der Waals surface area contributed by atoms with Gasteiger partial charge in [0.15, 0.2) is 5.60 Å². The number of rotatable bonds is 19. The topological polar surface area (TPSA) is 152 Å². The molecule has 2 amide bonds. The maximum Gasteiger partial charge on any atom is 0.264 e. The Labute approximate surface area is 419 Å². The number of fused-ring (bicyclic) bond motifs is 3. The van der Waals surface area contributed by atoms with Crippen molar-refractivity contribution in [3.63, 3.8) is 0 Å². The number of ether oxygens (including phenoxy) is 3. The van der Waals surface area contributed by atoms with Crippen molar-refractivity contribution in [3.8, 4) is 11.5 Å². The second-order valence-corrected chi connectivity index (χ2v) is 24.9. The number of aliphatic hydroxyl groups is 2. The van der Waals surface area contributed by atoms with E-state index in [1.807, 2.05) is 120 Å². The molecule has 3 aliphatic rings. The van der Waals surface area contributed by atoms with Crippen LogP contribution in [0.25, 0.3) is 0 Å². The van der Waals surface area contributed by atoms with Crippen molar-refractivity contribution in [1.29, 1.82) is 0 Å². The number of nitrogens with one attached hydrogen (secondary N) is 1. The average molecular weight is 1030 g/mol. The highest BCUT2D eigenvalue weighted by Gasteiger charge is 2.66. The standard InChI is InChI=1S/C55H63BrN6O7Si/c1-6-68-43-21-25-49-39(30-43)31-47(57-27-10-11-29-63)53(65)62(49)41-17-14-37(15-18-41)33-61-50-24-16-40(56)32-46(50)55(54(61)66)36(2)52(70(4,5)44-22-19-42(67-3)20-23-44)51(69-55)26-28-60-34-48(58-59-60)45(35-64)38-12-8-7-9-13-38/h7-9,12-25,30,32,34,36,45,47,51-52,57,63-64H,6,10-11,26-29,31,33,35H2,1-5H3/t36-,45?,47?,51+,52-,55+/m0/s1. The van der Waals surface area contributed by atoms with Crippen LogP contribution in [0.4, 0.5) is 17.1 Å². The first-order chi connectivity index (χ1) is 33.9. The number of amides is 2. The fourth-order valence-corrected chi connectivity index (χ4v) is 15.7. The van der Waals surface area contributed by atoms with Gasteiger partial charge in [0, 0.05) is 41.0 Å². The van der Waals surface area contributed by atoms with Crippen molar-refractivity contribution >= 4 is 58.1 Å². The van der Waals surface area contributed by atoms with Gasteiger partial charge >= 0.3 is 0 Å². The number of halogens is 1. The Hall–Kier alpha value is -5.68. The zero-order valence-electron chi connectivity index (χ0n) is 40.6. The molecule has 0 aliphatic carbocycles. The van der Waals surface area contributed by atoms with Gasteiger partial charge in [-0.3, -0.25) is 19.2 Å². The van der Waals surface area contributed by atoms with Crippen LogP contribution in [0.2, 0.25) is 18.6 Å². The molecule has 1 fully saturated rings. The van der Waals surface area contributed by atoms with Crippen LogP contribution in [-0.4, -0.2) is 90.7 Å². The number of carbonyl (C=O) groups excluding carboxylic acids is 2. The van der Waals surface area contributed by atoms with Gasteiger partial charge in [0.05, 0.1) is 70.1 Å². The summed E-state index contributed by atoms with van der Waals surface area (Å²) in [6.45, 7) is 10.9. The van der Waals surface area contributed by atoms with Crippen LogP contribution in [0.1, 0.15) is 67.0 Å². The molecule has 15 heteroatoms. The predicted octanol–water partition coefficient (Wildman–Crippen LogP) is 8.38. The summed E-state index contributed by atoms with van der Waals surface area (Å²) in [5.74, 6) is 0.893. The Morgan fingerprint density at radius 3 is 2.39 bits per heavy atom. The molecule has 9 rings (SSSR count). The zero-order chi connectivity index (χ0) is 49.2. The highest BCUT2D eigenvalue weighted by atomic mass is 79.9. The SMILES string of the molecule is CCOc1ccc2c(c1)CC(NCCCCO)C(=O)N2c1ccc(CN2C(=O)[C@]3(O[C@H](CCn4cc(C(CO)c5ccccc5)nn4)[C@@H]([Si](C)(C)c4ccc(OC)cc4)[C@@H]3C)c3cc(Br)ccc32)cc1. The Morgan fingerprint density at radius 1 is 0.929 bits per heavy atom. The van der Waals surface area contributed by atoms with Crippen LogP contribution < -0.4 is 29.8 Å². The van der Waals surface area contributed by atoms with E-state index in [9.17, 15) is 15.0 Å². The molecule has 2 unspecified atom stereocenters. The quantitative estimate of drug-likeness (QED) is 0.0534. The monoisotopic (exact) mass is 1030 g/mol. The lowest BCUT2D eigenvalue weighted by Gasteiger charge is -2.37. The summed E-state index contributed by atoms with van der Waals surface area (Å²) < 4.78 is 21.6. The molecule has 4 heterocycles. The molecule has 0 saturated carbocycles. The lowest BCUT2D eigenvalue weighted by Crippen LogP contribution is -2.51. The number of nitrogens with zero attached hydrogens (tertiary/aromatic N) is 5. The molecular formula is C55H63BrN6O7Si. The van der Waals surface area contributed by atoms with E-state index >= 15 is 4.79 Å². The number of carbonyl (C=O) groups is 2. The van der Waals surface area contributed by atoms with Gasteiger partial charge in [-0.1, -0.05) is 101 Å². The first-order valence-corrected chi connectivity index (χ1v) is 28.3. The number of unbranched alkanes of at least 4 members (excludes halogenated alkanes) is 1. The average Bonchev–Trinajstić information content (AvgIpc) is 4.03. The highest BCUT2D eigenvalue weighted by Crippen LogP contribution is 2.60. The van der Waals surface area contributed by atoms with Crippen molar-refractivity contribution in [3.05, 3.63) is 154 Å². The van der Waals surface area contributed by atoms with E-state index in [0.717, 1.165) is 61.7 Å². The van der Waals surface area contributed by atoms with E-state index in [2.05, 4.69) is 69.8 Å². The number of hydrogen-bond donors (Lipinski definition) is 3. The van der Waals surface area contributed by atoms with Crippen molar-refractivity contribution in [2.24, 2.45) is 5.92 Å². The first kappa shape index (κ1) is 49.3.